The van der Waals surface area contributed by atoms with E-state index in [-0.39, 0.29) is 5.91 Å². The molecule has 23 heavy (non-hydrogen) atoms. The molecule has 1 aliphatic rings. The molecule has 0 aliphatic carbocycles. The van der Waals surface area contributed by atoms with E-state index in [0.29, 0.717) is 16.1 Å². The van der Waals surface area contributed by atoms with Crippen molar-refractivity contribution in [1.82, 2.24) is 15.3 Å². The van der Waals surface area contributed by atoms with Gasteiger partial charge < -0.3 is 10.2 Å². The van der Waals surface area contributed by atoms with Crippen LogP contribution in [0.4, 0.5) is 5.82 Å². The molecule has 0 atom stereocenters. The number of hydrogen-bond acceptors (Lipinski definition) is 5. The van der Waals surface area contributed by atoms with Gasteiger partial charge in [0.1, 0.15) is 11.0 Å². The number of aromatic nitrogens is 2. The predicted octanol–water partition coefficient (Wildman–Crippen LogP) is 3.52. The number of carbonyl (C=O) groups is 1. The summed E-state index contributed by atoms with van der Waals surface area (Å²) in [5.74, 6) is 1.22. The minimum absolute atomic E-state index is 0.0257. The Hall–Kier alpha value is -1.01. The van der Waals surface area contributed by atoms with Gasteiger partial charge in [-0.3, -0.25) is 4.79 Å². The van der Waals surface area contributed by atoms with Crippen molar-refractivity contribution in [2.75, 3.05) is 30.3 Å². The van der Waals surface area contributed by atoms with E-state index in [9.17, 15) is 4.79 Å². The number of hydrogen-bond donors (Lipinski definition) is 1. The van der Waals surface area contributed by atoms with Gasteiger partial charge >= 0.3 is 0 Å². The third-order valence-electron chi connectivity index (χ3n) is 3.78. The van der Waals surface area contributed by atoms with E-state index >= 15 is 0 Å². The topological polar surface area (TPSA) is 58.1 Å². The van der Waals surface area contributed by atoms with Gasteiger partial charge in [-0.1, -0.05) is 49.5 Å². The van der Waals surface area contributed by atoms with Crippen molar-refractivity contribution < 1.29 is 4.79 Å². The maximum atomic E-state index is 11.8. The lowest BCUT2D eigenvalue weighted by Crippen LogP contribution is -2.26. The number of anilines is 1. The van der Waals surface area contributed by atoms with Crippen molar-refractivity contribution in [3.05, 3.63) is 11.2 Å². The van der Waals surface area contributed by atoms with Gasteiger partial charge in [-0.2, -0.15) is 0 Å². The molecule has 7 heteroatoms. The quantitative estimate of drug-likeness (QED) is 0.317. The SMILES string of the molecule is CCCCCCNC(=O)CSc1nc(Cl)cc(N2CCCC2)n1. The number of carbonyl (C=O) groups excluding carboxylic acids is 1. The normalized spacial score (nSPS) is 14.3. The summed E-state index contributed by atoms with van der Waals surface area (Å²) in [6.07, 6.45) is 7.00. The molecule has 1 N–H and O–H groups in total. The third-order valence-corrected chi connectivity index (χ3v) is 4.82. The molecule has 1 fully saturated rings. The molecule has 0 aromatic carbocycles. The monoisotopic (exact) mass is 356 g/mol. The third kappa shape index (κ3) is 6.55. The second-order valence-electron chi connectivity index (χ2n) is 5.72. The molecule has 0 radical (unpaired) electrons. The second-order valence-corrected chi connectivity index (χ2v) is 7.05. The Morgan fingerprint density at radius 3 is 2.83 bits per heavy atom. The van der Waals surface area contributed by atoms with Crippen LogP contribution in [0.15, 0.2) is 11.2 Å². The van der Waals surface area contributed by atoms with Crippen molar-refractivity contribution in [3.63, 3.8) is 0 Å². The summed E-state index contributed by atoms with van der Waals surface area (Å²) in [7, 11) is 0. The van der Waals surface area contributed by atoms with Gasteiger partial charge in [0.15, 0.2) is 5.16 Å². The van der Waals surface area contributed by atoms with E-state index in [1.807, 2.05) is 0 Å². The molecule has 0 unspecified atom stereocenters. The summed E-state index contributed by atoms with van der Waals surface area (Å²) >= 11 is 7.42. The van der Waals surface area contributed by atoms with Gasteiger partial charge in [-0.15, -0.1) is 0 Å². The average Bonchev–Trinajstić information content (AvgIpc) is 3.07. The molecule has 1 amide bonds. The van der Waals surface area contributed by atoms with E-state index in [1.54, 1.807) is 6.07 Å². The van der Waals surface area contributed by atoms with E-state index in [0.717, 1.165) is 31.9 Å². The molecule has 2 rings (SSSR count). The van der Waals surface area contributed by atoms with E-state index in [1.165, 1.54) is 43.9 Å². The van der Waals surface area contributed by atoms with Crippen LogP contribution in [0.25, 0.3) is 0 Å². The lowest BCUT2D eigenvalue weighted by atomic mass is 10.2. The lowest BCUT2D eigenvalue weighted by Gasteiger charge is -2.16. The van der Waals surface area contributed by atoms with Crippen LogP contribution < -0.4 is 10.2 Å². The van der Waals surface area contributed by atoms with Gasteiger partial charge in [0.2, 0.25) is 5.91 Å². The van der Waals surface area contributed by atoms with E-state index in [4.69, 9.17) is 11.6 Å². The van der Waals surface area contributed by atoms with Crippen LogP contribution in [0.1, 0.15) is 45.4 Å². The number of rotatable bonds is 9. The molecule has 128 valence electrons. The van der Waals surface area contributed by atoms with E-state index < -0.39 is 0 Å². The van der Waals surface area contributed by atoms with Crippen molar-refractivity contribution in [1.29, 1.82) is 0 Å². The molecule has 5 nitrogen and oxygen atoms in total. The van der Waals surface area contributed by atoms with Crippen LogP contribution in [0.5, 0.6) is 0 Å². The first kappa shape index (κ1) is 18.3. The Kier molecular flexibility index (Phi) is 7.95. The fourth-order valence-corrected chi connectivity index (χ4v) is 3.43. The number of halogens is 1. The molecule has 1 aliphatic heterocycles. The minimum atomic E-state index is 0.0257. The second kappa shape index (κ2) is 9.98. The fraction of sp³-hybridized carbons (Fsp3) is 0.688. The van der Waals surface area contributed by atoms with Crippen LogP contribution in [0.2, 0.25) is 5.15 Å². The molecule has 0 spiro atoms. The summed E-state index contributed by atoms with van der Waals surface area (Å²) in [4.78, 5) is 22.8. The Labute approximate surface area is 147 Å². The van der Waals surface area contributed by atoms with Gasteiger partial charge in [0, 0.05) is 25.7 Å². The number of nitrogens with zero attached hydrogens (tertiary/aromatic N) is 3. The Morgan fingerprint density at radius 2 is 2.09 bits per heavy atom. The van der Waals surface area contributed by atoms with Crippen molar-refractivity contribution in [3.8, 4) is 0 Å². The molecular weight excluding hydrogens is 332 g/mol. The van der Waals surface area contributed by atoms with Gasteiger partial charge in [-0.25, -0.2) is 9.97 Å². The van der Waals surface area contributed by atoms with Gasteiger partial charge in [0.25, 0.3) is 0 Å². The van der Waals surface area contributed by atoms with Crippen LogP contribution >= 0.6 is 23.4 Å². The zero-order chi connectivity index (χ0) is 16.5. The molecule has 2 heterocycles. The highest BCUT2D eigenvalue weighted by Gasteiger charge is 2.16. The maximum absolute atomic E-state index is 11.8. The zero-order valence-corrected chi connectivity index (χ0v) is 15.3. The van der Waals surface area contributed by atoms with Crippen molar-refractivity contribution in [2.45, 2.75) is 50.6 Å². The van der Waals surface area contributed by atoms with Gasteiger partial charge in [-0.05, 0) is 19.3 Å². The summed E-state index contributed by atoms with van der Waals surface area (Å²) < 4.78 is 0. The minimum Gasteiger partial charge on any atom is -0.356 e. The molecule has 1 saturated heterocycles. The Bertz CT molecular complexity index is 509. The summed E-state index contributed by atoms with van der Waals surface area (Å²) in [6.45, 7) is 4.94. The Morgan fingerprint density at radius 1 is 1.30 bits per heavy atom. The lowest BCUT2D eigenvalue weighted by molar-refractivity contribution is -0.118. The van der Waals surface area contributed by atoms with Crippen LogP contribution in [-0.4, -0.2) is 41.3 Å². The molecule has 1 aromatic heterocycles. The first-order valence-corrected chi connectivity index (χ1v) is 9.74. The summed E-state index contributed by atoms with van der Waals surface area (Å²) in [5, 5.41) is 3.94. The first-order chi connectivity index (χ1) is 11.2. The fourth-order valence-electron chi connectivity index (χ4n) is 2.52. The zero-order valence-electron chi connectivity index (χ0n) is 13.7. The number of unbranched alkanes of at least 4 members (excludes halogenated alkanes) is 3. The van der Waals surface area contributed by atoms with Crippen molar-refractivity contribution >= 4 is 35.1 Å². The highest BCUT2D eigenvalue weighted by atomic mass is 35.5. The number of nitrogens with one attached hydrogen (secondary N) is 1. The summed E-state index contributed by atoms with van der Waals surface area (Å²) in [5.41, 5.74) is 0. The maximum Gasteiger partial charge on any atom is 0.230 e. The largest absolute Gasteiger partial charge is 0.356 e. The highest BCUT2D eigenvalue weighted by Crippen LogP contribution is 2.24. The molecule has 0 bridgehead atoms. The van der Waals surface area contributed by atoms with E-state index in [2.05, 4.69) is 27.1 Å². The molecular formula is C16H25ClN4OS. The molecule has 0 saturated carbocycles. The van der Waals surface area contributed by atoms with Crippen LogP contribution in [0.3, 0.4) is 0 Å². The first-order valence-electron chi connectivity index (χ1n) is 8.38. The Balaban J connectivity index is 1.77. The number of amides is 1. The summed E-state index contributed by atoms with van der Waals surface area (Å²) in [6, 6.07) is 1.80. The van der Waals surface area contributed by atoms with Gasteiger partial charge in [0.05, 0.1) is 5.75 Å². The number of thioether (sulfide) groups is 1. The van der Waals surface area contributed by atoms with Crippen LogP contribution in [0, 0.1) is 0 Å². The van der Waals surface area contributed by atoms with Crippen molar-refractivity contribution in [2.24, 2.45) is 0 Å². The highest BCUT2D eigenvalue weighted by molar-refractivity contribution is 7.99. The predicted molar refractivity (Wildman–Crippen MR) is 96.4 cm³/mol. The van der Waals surface area contributed by atoms with Crippen LogP contribution in [-0.2, 0) is 4.79 Å². The smallest absolute Gasteiger partial charge is 0.230 e. The molecule has 1 aromatic rings. The average molecular weight is 357 g/mol. The standard InChI is InChI=1S/C16H25ClN4OS/c1-2-3-4-5-8-18-15(22)12-23-16-19-13(17)11-14(20-16)21-9-6-7-10-21/h11H,2-10,12H2,1H3,(H,18,22).